The first-order chi connectivity index (χ1) is 13.9. The molecule has 0 bridgehead atoms. The molecule has 29 heavy (non-hydrogen) atoms. The van der Waals surface area contributed by atoms with Gasteiger partial charge in [-0.1, -0.05) is 48.5 Å². The van der Waals surface area contributed by atoms with Gasteiger partial charge in [-0.15, -0.1) is 13.2 Å². The highest BCUT2D eigenvalue weighted by Crippen LogP contribution is 2.44. The second-order valence-corrected chi connectivity index (χ2v) is 7.21. The van der Waals surface area contributed by atoms with Crippen molar-refractivity contribution >= 4 is 6.09 Å². The zero-order valence-corrected chi connectivity index (χ0v) is 15.4. The van der Waals surface area contributed by atoms with Gasteiger partial charge >= 0.3 is 12.5 Å². The van der Waals surface area contributed by atoms with E-state index in [4.69, 9.17) is 4.74 Å². The predicted octanol–water partition coefficient (Wildman–Crippen LogP) is 3.91. The second kappa shape index (κ2) is 7.68. The quantitative estimate of drug-likeness (QED) is 0.835. The number of benzene rings is 2. The summed E-state index contributed by atoms with van der Waals surface area (Å²) < 4.78 is 46.9. The molecule has 8 heteroatoms. The lowest BCUT2D eigenvalue weighted by Gasteiger charge is -2.23. The minimum atomic E-state index is -4.79. The van der Waals surface area contributed by atoms with Crippen LogP contribution in [0.2, 0.25) is 0 Å². The average Bonchev–Trinajstić information content (AvgIpc) is 3.23. The molecule has 0 unspecified atom stereocenters. The molecule has 2 aromatic rings. The Kier molecular flexibility index (Phi) is 5.23. The smallest absolute Gasteiger partial charge is 0.448 e. The van der Waals surface area contributed by atoms with E-state index in [1.54, 1.807) is 0 Å². The first kappa shape index (κ1) is 19.7. The highest BCUT2D eigenvalue weighted by Gasteiger charge is 2.42. The molecule has 4 rings (SSSR count). The van der Waals surface area contributed by atoms with Crippen LogP contribution in [0.5, 0.6) is 0 Å². The summed E-state index contributed by atoms with van der Waals surface area (Å²) in [6, 6.07) is 14.9. The van der Waals surface area contributed by atoms with E-state index in [0.717, 1.165) is 27.2 Å². The Hall–Kier alpha value is -2.58. The summed E-state index contributed by atoms with van der Waals surface area (Å²) in [5.41, 5.74) is 4.24. The molecule has 1 amide bonds. The van der Waals surface area contributed by atoms with E-state index < -0.39 is 31.2 Å². The Labute approximate surface area is 165 Å². The molecule has 1 aliphatic heterocycles. The summed E-state index contributed by atoms with van der Waals surface area (Å²) in [6.45, 7) is -0.671. The minimum Gasteiger partial charge on any atom is -0.448 e. The zero-order valence-electron chi connectivity index (χ0n) is 15.4. The van der Waals surface area contributed by atoms with E-state index >= 15 is 0 Å². The van der Waals surface area contributed by atoms with Crippen LogP contribution in [-0.2, 0) is 9.47 Å². The Balaban J connectivity index is 1.46. The van der Waals surface area contributed by atoms with Gasteiger partial charge in [-0.2, -0.15) is 0 Å². The van der Waals surface area contributed by atoms with Gasteiger partial charge in [0.25, 0.3) is 0 Å². The molecule has 154 valence electrons. The lowest BCUT2D eigenvalue weighted by molar-refractivity contribution is -0.340. The molecule has 0 spiro atoms. The van der Waals surface area contributed by atoms with Crippen LogP contribution in [0.1, 0.15) is 23.5 Å². The van der Waals surface area contributed by atoms with Crippen molar-refractivity contribution in [2.45, 2.75) is 30.8 Å². The predicted molar refractivity (Wildman–Crippen MR) is 98.2 cm³/mol. The van der Waals surface area contributed by atoms with E-state index in [-0.39, 0.29) is 25.5 Å². The number of hydrogen-bond donors (Lipinski definition) is 1. The molecule has 1 heterocycles. The molecule has 5 nitrogen and oxygen atoms in total. The first-order valence-corrected chi connectivity index (χ1v) is 9.34. The van der Waals surface area contributed by atoms with Gasteiger partial charge in [0.05, 0.1) is 25.3 Å². The molecule has 1 N–H and O–H groups in total. The number of hydrogen-bond acceptors (Lipinski definition) is 4. The zero-order chi connectivity index (χ0) is 20.6. The highest BCUT2D eigenvalue weighted by atomic mass is 19.4. The average molecular weight is 407 g/mol. The van der Waals surface area contributed by atoms with Crippen molar-refractivity contribution in [2.24, 2.45) is 0 Å². The SMILES string of the molecule is O=C(OCC1c2ccccc2-c2ccccc21)N1C[C@@H](OC(F)(F)F)C[C@H]1CO. The van der Waals surface area contributed by atoms with Crippen LogP contribution in [0.4, 0.5) is 18.0 Å². The highest BCUT2D eigenvalue weighted by molar-refractivity contribution is 5.79. The van der Waals surface area contributed by atoms with Gasteiger partial charge < -0.3 is 14.7 Å². The molecule has 2 aromatic carbocycles. The molecular weight excluding hydrogens is 387 g/mol. The number of rotatable bonds is 4. The topological polar surface area (TPSA) is 59.0 Å². The number of ether oxygens (including phenoxy) is 2. The fourth-order valence-electron chi connectivity index (χ4n) is 4.22. The summed E-state index contributed by atoms with van der Waals surface area (Å²) in [6.07, 6.45) is -6.85. The third-order valence-corrected chi connectivity index (χ3v) is 5.46. The molecule has 0 radical (unpaired) electrons. The molecule has 0 aromatic heterocycles. The van der Waals surface area contributed by atoms with Crippen molar-refractivity contribution in [2.75, 3.05) is 19.8 Å². The van der Waals surface area contributed by atoms with Gasteiger partial charge in [-0.3, -0.25) is 4.74 Å². The van der Waals surface area contributed by atoms with Crippen molar-refractivity contribution < 1.29 is 32.5 Å². The van der Waals surface area contributed by atoms with Gasteiger partial charge in [-0.25, -0.2) is 4.79 Å². The fraction of sp³-hybridized carbons (Fsp3) is 0.381. The van der Waals surface area contributed by atoms with Crippen LogP contribution < -0.4 is 0 Å². The largest absolute Gasteiger partial charge is 0.522 e. The van der Waals surface area contributed by atoms with Crippen LogP contribution in [0.25, 0.3) is 11.1 Å². The number of carbonyl (C=O) groups excluding carboxylic acids is 1. The van der Waals surface area contributed by atoms with Crippen molar-refractivity contribution in [3.63, 3.8) is 0 Å². The minimum absolute atomic E-state index is 0.0618. The number of aliphatic hydroxyl groups is 1. The van der Waals surface area contributed by atoms with Crippen LogP contribution in [0.15, 0.2) is 48.5 Å². The number of likely N-dealkylation sites (tertiary alicyclic amines) is 1. The number of nitrogens with zero attached hydrogens (tertiary/aromatic N) is 1. The van der Waals surface area contributed by atoms with Gasteiger partial charge in [0, 0.05) is 5.92 Å². The monoisotopic (exact) mass is 407 g/mol. The number of carbonyl (C=O) groups is 1. The maximum Gasteiger partial charge on any atom is 0.522 e. The summed E-state index contributed by atoms with van der Waals surface area (Å²) in [5, 5.41) is 9.46. The summed E-state index contributed by atoms with van der Waals surface area (Å²) >= 11 is 0. The number of halogens is 3. The molecule has 1 aliphatic carbocycles. The van der Waals surface area contributed by atoms with E-state index in [1.165, 1.54) is 0 Å². The fourth-order valence-corrected chi connectivity index (χ4v) is 4.22. The van der Waals surface area contributed by atoms with Crippen LogP contribution in [-0.4, -0.2) is 54.4 Å². The Morgan fingerprint density at radius 1 is 1.07 bits per heavy atom. The second-order valence-electron chi connectivity index (χ2n) is 7.21. The third kappa shape index (κ3) is 3.95. The molecular formula is C21H20F3NO4. The normalized spacial score (nSPS) is 21.2. The molecule has 1 saturated heterocycles. The van der Waals surface area contributed by atoms with Crippen molar-refractivity contribution in [1.29, 1.82) is 0 Å². The van der Waals surface area contributed by atoms with Crippen LogP contribution in [0, 0.1) is 0 Å². The standard InChI is InChI=1S/C21H20F3NO4/c22-21(23,24)29-14-9-13(11-26)25(10-14)20(27)28-12-19-17-7-3-1-5-15(17)16-6-2-4-8-18(16)19/h1-8,13-14,19,26H,9-12H2/t13-,14-/m0/s1. The Bertz CT molecular complexity index is 856. The van der Waals surface area contributed by atoms with Gasteiger partial charge in [0.2, 0.25) is 0 Å². The lowest BCUT2D eigenvalue weighted by Crippen LogP contribution is -2.39. The van der Waals surface area contributed by atoms with Crippen molar-refractivity contribution in [3.8, 4) is 11.1 Å². The number of amides is 1. The molecule has 0 saturated carbocycles. The van der Waals surface area contributed by atoms with Gasteiger partial charge in [0.15, 0.2) is 0 Å². The Morgan fingerprint density at radius 2 is 1.66 bits per heavy atom. The number of alkyl halides is 3. The van der Waals surface area contributed by atoms with Crippen LogP contribution in [0.3, 0.4) is 0 Å². The summed E-state index contributed by atoms with van der Waals surface area (Å²) in [7, 11) is 0. The maximum atomic E-state index is 12.6. The summed E-state index contributed by atoms with van der Waals surface area (Å²) in [5.74, 6) is -0.149. The maximum absolute atomic E-state index is 12.6. The number of fused-ring (bicyclic) bond motifs is 3. The van der Waals surface area contributed by atoms with Gasteiger partial charge in [0.1, 0.15) is 6.61 Å². The van der Waals surface area contributed by atoms with E-state index in [2.05, 4.69) is 4.74 Å². The Morgan fingerprint density at radius 3 is 2.21 bits per heavy atom. The first-order valence-electron chi connectivity index (χ1n) is 9.34. The van der Waals surface area contributed by atoms with Crippen LogP contribution >= 0.6 is 0 Å². The lowest BCUT2D eigenvalue weighted by atomic mass is 9.98. The van der Waals surface area contributed by atoms with E-state index in [0.29, 0.717) is 0 Å². The summed E-state index contributed by atoms with van der Waals surface area (Å²) in [4.78, 5) is 13.7. The van der Waals surface area contributed by atoms with E-state index in [1.807, 2.05) is 48.5 Å². The molecule has 1 fully saturated rings. The van der Waals surface area contributed by atoms with Gasteiger partial charge in [-0.05, 0) is 28.7 Å². The number of aliphatic hydroxyl groups excluding tert-OH is 1. The van der Waals surface area contributed by atoms with Crippen molar-refractivity contribution in [1.82, 2.24) is 4.90 Å². The molecule has 2 atom stereocenters. The third-order valence-electron chi connectivity index (χ3n) is 5.46. The van der Waals surface area contributed by atoms with E-state index in [9.17, 15) is 23.1 Å². The van der Waals surface area contributed by atoms with Crippen molar-refractivity contribution in [3.05, 3.63) is 59.7 Å². The molecule has 2 aliphatic rings.